The second-order valence-corrected chi connectivity index (χ2v) is 5.80. The zero-order chi connectivity index (χ0) is 12.8. The van der Waals surface area contributed by atoms with Crippen molar-refractivity contribution in [3.05, 3.63) is 18.5 Å². The Balaban J connectivity index is 1.69. The maximum Gasteiger partial charge on any atom is 0.156 e. The lowest BCUT2D eigenvalue weighted by atomic mass is 9.99. The lowest BCUT2D eigenvalue weighted by Crippen LogP contribution is -2.25. The van der Waals surface area contributed by atoms with Gasteiger partial charge >= 0.3 is 0 Å². The van der Waals surface area contributed by atoms with Crippen molar-refractivity contribution in [2.75, 3.05) is 13.1 Å². The van der Waals surface area contributed by atoms with E-state index in [1.807, 2.05) is 34.9 Å². The fourth-order valence-electron chi connectivity index (χ4n) is 2.26. The topological polar surface area (TPSA) is 42.2 Å². The molecule has 5 heteroatoms. The van der Waals surface area contributed by atoms with E-state index in [1.54, 1.807) is 0 Å². The second-order valence-electron chi connectivity index (χ2n) is 4.57. The van der Waals surface area contributed by atoms with Gasteiger partial charge in [0.15, 0.2) is 5.17 Å². The molecule has 0 amide bonds. The monoisotopic (exact) mass is 266 g/mol. The molecule has 0 saturated heterocycles. The Labute approximate surface area is 113 Å². The SMILES string of the molecule is CCC(CC)C1CN=C(NCCn2cccn2)S1. The van der Waals surface area contributed by atoms with Gasteiger partial charge in [0.25, 0.3) is 0 Å². The summed E-state index contributed by atoms with van der Waals surface area (Å²) < 4.78 is 1.94. The number of thioether (sulfide) groups is 1. The lowest BCUT2D eigenvalue weighted by molar-refractivity contribution is 0.479. The average molecular weight is 266 g/mol. The van der Waals surface area contributed by atoms with Crippen LogP contribution in [0.3, 0.4) is 0 Å². The van der Waals surface area contributed by atoms with Crippen LogP contribution in [0.25, 0.3) is 0 Å². The molecule has 1 aliphatic rings. The Morgan fingerprint density at radius 1 is 1.50 bits per heavy atom. The Bertz CT molecular complexity index is 370. The van der Waals surface area contributed by atoms with Gasteiger partial charge in [0, 0.05) is 24.2 Å². The van der Waals surface area contributed by atoms with Crippen molar-refractivity contribution < 1.29 is 0 Å². The summed E-state index contributed by atoms with van der Waals surface area (Å²) in [4.78, 5) is 4.59. The quantitative estimate of drug-likeness (QED) is 0.859. The van der Waals surface area contributed by atoms with E-state index in [4.69, 9.17) is 0 Å². The highest BCUT2D eigenvalue weighted by molar-refractivity contribution is 8.14. The first-order valence-corrected chi connectivity index (χ1v) is 7.63. The van der Waals surface area contributed by atoms with Crippen LogP contribution in [0.2, 0.25) is 0 Å². The maximum absolute atomic E-state index is 4.59. The van der Waals surface area contributed by atoms with Gasteiger partial charge in [-0.15, -0.1) is 0 Å². The van der Waals surface area contributed by atoms with Gasteiger partial charge in [-0.2, -0.15) is 5.10 Å². The van der Waals surface area contributed by atoms with E-state index in [-0.39, 0.29) is 0 Å². The van der Waals surface area contributed by atoms with Gasteiger partial charge in [-0.25, -0.2) is 0 Å². The fraction of sp³-hybridized carbons (Fsp3) is 0.692. The molecule has 1 aromatic heterocycles. The molecule has 0 saturated carbocycles. The number of amidine groups is 1. The largest absolute Gasteiger partial charge is 0.363 e. The van der Waals surface area contributed by atoms with Crippen molar-refractivity contribution in [3.8, 4) is 0 Å². The van der Waals surface area contributed by atoms with Crippen LogP contribution >= 0.6 is 11.8 Å². The predicted octanol–water partition coefficient (Wildman–Crippen LogP) is 2.38. The average Bonchev–Trinajstić information content (AvgIpc) is 3.03. The summed E-state index contributed by atoms with van der Waals surface area (Å²) in [5, 5.41) is 9.37. The Morgan fingerprint density at radius 3 is 3.00 bits per heavy atom. The highest BCUT2D eigenvalue weighted by atomic mass is 32.2. The summed E-state index contributed by atoms with van der Waals surface area (Å²) in [5.41, 5.74) is 0. The van der Waals surface area contributed by atoms with Crippen molar-refractivity contribution in [1.29, 1.82) is 0 Å². The van der Waals surface area contributed by atoms with Gasteiger partial charge in [0.2, 0.25) is 0 Å². The van der Waals surface area contributed by atoms with E-state index in [0.29, 0.717) is 5.25 Å². The molecule has 0 bridgehead atoms. The van der Waals surface area contributed by atoms with E-state index >= 15 is 0 Å². The smallest absolute Gasteiger partial charge is 0.156 e. The van der Waals surface area contributed by atoms with E-state index in [1.165, 1.54) is 12.8 Å². The number of hydrogen-bond donors (Lipinski definition) is 1. The molecule has 0 aliphatic carbocycles. The number of rotatable bonds is 6. The van der Waals surface area contributed by atoms with Crippen molar-refractivity contribution in [2.45, 2.75) is 38.5 Å². The van der Waals surface area contributed by atoms with E-state index in [9.17, 15) is 0 Å². The minimum absolute atomic E-state index is 0.673. The van der Waals surface area contributed by atoms with Gasteiger partial charge in [0.05, 0.1) is 13.1 Å². The molecular formula is C13H22N4S. The molecule has 1 atom stereocenters. The third-order valence-corrected chi connectivity index (χ3v) is 4.76. The lowest BCUT2D eigenvalue weighted by Gasteiger charge is -2.18. The molecule has 1 unspecified atom stereocenters. The number of aliphatic imine (C=N–C) groups is 1. The van der Waals surface area contributed by atoms with Crippen molar-refractivity contribution in [3.63, 3.8) is 0 Å². The Hall–Kier alpha value is -0.970. The summed E-state index contributed by atoms with van der Waals surface area (Å²) in [6.07, 6.45) is 6.30. The van der Waals surface area contributed by atoms with Gasteiger partial charge in [-0.1, -0.05) is 38.5 Å². The molecular weight excluding hydrogens is 244 g/mol. The number of hydrogen-bond acceptors (Lipinski definition) is 4. The van der Waals surface area contributed by atoms with Crippen LogP contribution in [0.5, 0.6) is 0 Å². The van der Waals surface area contributed by atoms with E-state index < -0.39 is 0 Å². The molecule has 2 rings (SSSR count). The Morgan fingerprint density at radius 2 is 2.33 bits per heavy atom. The van der Waals surface area contributed by atoms with Crippen LogP contribution in [0.4, 0.5) is 0 Å². The Kier molecular flexibility index (Phi) is 5.11. The van der Waals surface area contributed by atoms with Crippen LogP contribution in [0, 0.1) is 5.92 Å². The fourth-order valence-corrected chi connectivity index (χ4v) is 3.61. The first-order valence-electron chi connectivity index (χ1n) is 6.75. The molecule has 0 aromatic carbocycles. The molecule has 1 aromatic rings. The molecule has 0 spiro atoms. The standard InChI is InChI=1S/C13H22N4S/c1-3-11(4-2)12-10-15-13(18-12)14-7-9-17-8-5-6-16-17/h5-6,8,11-12H,3-4,7,9-10H2,1-2H3,(H,14,15). The molecule has 4 nitrogen and oxygen atoms in total. The van der Waals surface area contributed by atoms with Crippen LogP contribution in [0.15, 0.2) is 23.5 Å². The van der Waals surface area contributed by atoms with Gasteiger partial charge < -0.3 is 5.32 Å². The molecule has 2 heterocycles. The summed E-state index contributed by atoms with van der Waals surface area (Å²) >= 11 is 1.91. The first-order chi connectivity index (χ1) is 8.83. The third kappa shape index (κ3) is 3.51. The summed E-state index contributed by atoms with van der Waals surface area (Å²) in [7, 11) is 0. The molecule has 18 heavy (non-hydrogen) atoms. The zero-order valence-electron chi connectivity index (χ0n) is 11.2. The highest BCUT2D eigenvalue weighted by Gasteiger charge is 2.25. The summed E-state index contributed by atoms with van der Waals surface area (Å²) in [6, 6.07) is 1.95. The zero-order valence-corrected chi connectivity index (χ0v) is 12.0. The maximum atomic E-state index is 4.59. The van der Waals surface area contributed by atoms with E-state index in [2.05, 4.69) is 29.3 Å². The summed E-state index contributed by atoms with van der Waals surface area (Å²) in [6.45, 7) is 7.31. The summed E-state index contributed by atoms with van der Waals surface area (Å²) in [5.74, 6) is 0.796. The molecule has 1 aliphatic heterocycles. The highest BCUT2D eigenvalue weighted by Crippen LogP contribution is 2.30. The molecule has 0 fully saturated rings. The minimum Gasteiger partial charge on any atom is -0.363 e. The van der Waals surface area contributed by atoms with Crippen LogP contribution in [-0.2, 0) is 6.54 Å². The normalized spacial score (nSPS) is 19.3. The van der Waals surface area contributed by atoms with Crippen LogP contribution < -0.4 is 5.32 Å². The van der Waals surface area contributed by atoms with Gasteiger partial charge in [0.1, 0.15) is 0 Å². The molecule has 0 radical (unpaired) electrons. The van der Waals surface area contributed by atoms with Crippen molar-refractivity contribution in [1.82, 2.24) is 15.1 Å². The second kappa shape index (κ2) is 6.83. The predicted molar refractivity (Wildman–Crippen MR) is 78.0 cm³/mol. The number of nitrogens with one attached hydrogen (secondary N) is 1. The van der Waals surface area contributed by atoms with Gasteiger partial charge in [-0.05, 0) is 12.0 Å². The third-order valence-electron chi connectivity index (χ3n) is 3.43. The minimum atomic E-state index is 0.673. The van der Waals surface area contributed by atoms with Gasteiger partial charge in [-0.3, -0.25) is 9.67 Å². The number of aromatic nitrogens is 2. The van der Waals surface area contributed by atoms with Crippen LogP contribution in [0.1, 0.15) is 26.7 Å². The van der Waals surface area contributed by atoms with Crippen molar-refractivity contribution >= 4 is 16.9 Å². The molecule has 100 valence electrons. The number of nitrogens with zero attached hydrogens (tertiary/aromatic N) is 3. The van der Waals surface area contributed by atoms with E-state index in [0.717, 1.165) is 30.7 Å². The van der Waals surface area contributed by atoms with Crippen molar-refractivity contribution in [2.24, 2.45) is 10.9 Å². The molecule has 1 N–H and O–H groups in total. The van der Waals surface area contributed by atoms with Crippen LogP contribution in [-0.4, -0.2) is 33.3 Å². The first kappa shape index (κ1) is 13.5.